The van der Waals surface area contributed by atoms with Crippen LogP contribution in [0.15, 0.2) is 15.5 Å². The van der Waals surface area contributed by atoms with Gasteiger partial charge >= 0.3 is 5.97 Å². The first-order valence-corrected chi connectivity index (χ1v) is 6.40. The monoisotopic (exact) mass is 293 g/mol. The Labute approximate surface area is 119 Å². The van der Waals surface area contributed by atoms with Crippen LogP contribution in [0.5, 0.6) is 0 Å². The van der Waals surface area contributed by atoms with Crippen molar-refractivity contribution >= 4 is 23.0 Å². The van der Waals surface area contributed by atoms with E-state index in [0.717, 1.165) is 0 Å². The van der Waals surface area contributed by atoms with Crippen LogP contribution in [0, 0.1) is 6.92 Å². The minimum absolute atomic E-state index is 0.0589. The summed E-state index contributed by atoms with van der Waals surface area (Å²) >= 11 is 0. The van der Waals surface area contributed by atoms with E-state index in [1.807, 2.05) is 0 Å². The quantitative estimate of drug-likeness (QED) is 0.794. The number of aryl methyl sites for hydroxylation is 1. The van der Waals surface area contributed by atoms with Crippen LogP contribution in [0.3, 0.4) is 0 Å². The van der Waals surface area contributed by atoms with Gasteiger partial charge in [-0.3, -0.25) is 9.59 Å². The maximum atomic E-state index is 12.3. The molecule has 8 nitrogen and oxygen atoms in total. The number of furan rings is 1. The van der Waals surface area contributed by atoms with Crippen LogP contribution < -0.4 is 10.9 Å². The second-order valence-electron chi connectivity index (χ2n) is 4.39. The van der Waals surface area contributed by atoms with E-state index in [2.05, 4.69) is 15.3 Å². The van der Waals surface area contributed by atoms with Gasteiger partial charge in [-0.25, -0.2) is 9.78 Å². The Morgan fingerprint density at radius 3 is 2.90 bits per heavy atom. The van der Waals surface area contributed by atoms with Crippen molar-refractivity contribution in [1.29, 1.82) is 0 Å². The number of aromatic amines is 1. The molecule has 2 aromatic rings. The summed E-state index contributed by atoms with van der Waals surface area (Å²) in [4.78, 5) is 41.8. The molecule has 112 valence electrons. The molecule has 1 amide bonds. The number of H-pyrrole nitrogens is 1. The highest BCUT2D eigenvalue weighted by molar-refractivity contribution is 6.07. The van der Waals surface area contributed by atoms with Gasteiger partial charge in [-0.2, -0.15) is 0 Å². The molecule has 0 saturated heterocycles. The Balaban J connectivity index is 2.34. The van der Waals surface area contributed by atoms with E-state index >= 15 is 0 Å². The molecule has 0 aliphatic heterocycles. The van der Waals surface area contributed by atoms with E-state index in [1.54, 1.807) is 13.8 Å². The number of aromatic nitrogens is 2. The van der Waals surface area contributed by atoms with Crippen molar-refractivity contribution in [1.82, 2.24) is 15.3 Å². The van der Waals surface area contributed by atoms with E-state index in [0.29, 0.717) is 0 Å². The molecule has 0 bridgehead atoms. The lowest BCUT2D eigenvalue weighted by Gasteiger charge is -2.12. The molecule has 21 heavy (non-hydrogen) atoms. The SMILES string of the molecule is CCOC(=O)C(C)NC(=O)c1c(C)oc2nc[nH]c(=O)c12. The zero-order valence-corrected chi connectivity index (χ0v) is 11.9. The molecule has 0 aliphatic carbocycles. The summed E-state index contributed by atoms with van der Waals surface area (Å²) in [5, 5.41) is 2.53. The van der Waals surface area contributed by atoms with Crippen molar-refractivity contribution in [3.8, 4) is 0 Å². The lowest BCUT2D eigenvalue weighted by atomic mass is 10.1. The highest BCUT2D eigenvalue weighted by Gasteiger charge is 2.24. The van der Waals surface area contributed by atoms with Gasteiger partial charge in [0.25, 0.3) is 11.5 Å². The lowest BCUT2D eigenvalue weighted by Crippen LogP contribution is -2.40. The molecule has 2 heterocycles. The van der Waals surface area contributed by atoms with Gasteiger partial charge in [-0.15, -0.1) is 0 Å². The van der Waals surface area contributed by atoms with E-state index in [-0.39, 0.29) is 29.0 Å². The Bertz CT molecular complexity index is 746. The number of rotatable bonds is 4. The second kappa shape index (κ2) is 5.78. The number of hydrogen-bond acceptors (Lipinski definition) is 6. The number of nitrogens with zero attached hydrogens (tertiary/aromatic N) is 1. The average Bonchev–Trinajstić information content (AvgIpc) is 2.76. The summed E-state index contributed by atoms with van der Waals surface area (Å²) in [6.45, 7) is 4.93. The van der Waals surface area contributed by atoms with Gasteiger partial charge in [0.2, 0.25) is 5.71 Å². The smallest absolute Gasteiger partial charge is 0.328 e. The number of amides is 1. The molecule has 1 atom stereocenters. The van der Waals surface area contributed by atoms with Crippen LogP contribution in [0.2, 0.25) is 0 Å². The Morgan fingerprint density at radius 2 is 2.24 bits per heavy atom. The molecule has 0 spiro atoms. The molecule has 8 heteroatoms. The van der Waals surface area contributed by atoms with Crippen molar-refractivity contribution < 1.29 is 18.7 Å². The summed E-state index contributed by atoms with van der Waals surface area (Å²) in [6.07, 6.45) is 1.19. The molecule has 0 fully saturated rings. The third-order valence-electron chi connectivity index (χ3n) is 2.89. The summed E-state index contributed by atoms with van der Waals surface area (Å²) in [5.74, 6) is -0.892. The number of nitrogens with one attached hydrogen (secondary N) is 2. The van der Waals surface area contributed by atoms with E-state index in [1.165, 1.54) is 13.3 Å². The minimum Gasteiger partial charge on any atom is -0.464 e. The lowest BCUT2D eigenvalue weighted by molar-refractivity contribution is -0.144. The molecule has 0 aliphatic rings. The molecular formula is C13H15N3O5. The molecule has 2 rings (SSSR count). The molecule has 2 aromatic heterocycles. The predicted molar refractivity (Wildman–Crippen MR) is 72.9 cm³/mol. The van der Waals surface area contributed by atoms with E-state index in [9.17, 15) is 14.4 Å². The normalized spacial score (nSPS) is 12.1. The van der Waals surface area contributed by atoms with Crippen LogP contribution in [-0.2, 0) is 9.53 Å². The van der Waals surface area contributed by atoms with Crippen molar-refractivity contribution in [3.05, 3.63) is 28.0 Å². The third kappa shape index (κ3) is 2.78. The molecule has 0 radical (unpaired) electrons. The van der Waals surface area contributed by atoms with E-state index in [4.69, 9.17) is 9.15 Å². The largest absolute Gasteiger partial charge is 0.464 e. The van der Waals surface area contributed by atoms with Crippen LogP contribution >= 0.6 is 0 Å². The van der Waals surface area contributed by atoms with Gasteiger partial charge in [-0.1, -0.05) is 0 Å². The van der Waals surface area contributed by atoms with Crippen molar-refractivity contribution in [2.45, 2.75) is 26.8 Å². The van der Waals surface area contributed by atoms with Crippen molar-refractivity contribution in [2.75, 3.05) is 6.61 Å². The Morgan fingerprint density at radius 1 is 1.52 bits per heavy atom. The van der Waals surface area contributed by atoms with Crippen LogP contribution in [0.4, 0.5) is 0 Å². The van der Waals surface area contributed by atoms with Crippen molar-refractivity contribution in [2.24, 2.45) is 0 Å². The topological polar surface area (TPSA) is 114 Å². The summed E-state index contributed by atoms with van der Waals surface area (Å²) in [7, 11) is 0. The third-order valence-corrected chi connectivity index (χ3v) is 2.89. The molecular weight excluding hydrogens is 278 g/mol. The van der Waals surface area contributed by atoms with Gasteiger partial charge in [0.1, 0.15) is 17.2 Å². The number of hydrogen-bond donors (Lipinski definition) is 2. The maximum Gasteiger partial charge on any atom is 0.328 e. The maximum absolute atomic E-state index is 12.3. The number of ether oxygens (including phenoxy) is 1. The number of carbonyl (C=O) groups excluding carboxylic acids is 2. The minimum atomic E-state index is -0.836. The Kier molecular flexibility index (Phi) is 4.06. The first kappa shape index (κ1) is 14.8. The zero-order chi connectivity index (χ0) is 15.6. The summed E-state index contributed by atoms with van der Waals surface area (Å²) < 4.78 is 10.1. The fourth-order valence-corrected chi connectivity index (χ4v) is 1.92. The highest BCUT2D eigenvalue weighted by atomic mass is 16.5. The molecule has 0 aromatic carbocycles. The fourth-order valence-electron chi connectivity index (χ4n) is 1.92. The highest BCUT2D eigenvalue weighted by Crippen LogP contribution is 2.20. The van der Waals surface area contributed by atoms with Gasteiger partial charge in [0.05, 0.1) is 18.5 Å². The van der Waals surface area contributed by atoms with Gasteiger partial charge in [-0.05, 0) is 20.8 Å². The van der Waals surface area contributed by atoms with Crippen LogP contribution in [0.1, 0.15) is 30.0 Å². The standard InChI is InChI=1S/C13H15N3O5/c1-4-20-13(19)6(2)16-11(18)8-7(3)21-12-9(8)10(17)14-5-15-12/h5-6H,4H2,1-3H3,(H,16,18)(H,14,15,17). The average molecular weight is 293 g/mol. The fraction of sp³-hybridized carbons (Fsp3) is 0.385. The number of fused-ring (bicyclic) bond motifs is 1. The number of carbonyl (C=O) groups is 2. The summed E-state index contributed by atoms with van der Waals surface area (Å²) in [6, 6.07) is -0.836. The Hall–Kier alpha value is -2.64. The predicted octanol–water partition coefficient (Wildman–Crippen LogP) is 0.506. The molecule has 2 N–H and O–H groups in total. The summed E-state index contributed by atoms with van der Waals surface area (Å²) in [5.41, 5.74) is -0.341. The van der Waals surface area contributed by atoms with Crippen LogP contribution in [0.25, 0.3) is 11.1 Å². The molecule has 1 unspecified atom stereocenters. The number of esters is 1. The zero-order valence-electron chi connectivity index (χ0n) is 11.9. The van der Waals surface area contributed by atoms with Gasteiger partial charge < -0.3 is 19.5 Å². The van der Waals surface area contributed by atoms with Crippen molar-refractivity contribution in [3.63, 3.8) is 0 Å². The van der Waals surface area contributed by atoms with Gasteiger partial charge in [0, 0.05) is 0 Å². The first-order valence-electron chi connectivity index (χ1n) is 6.40. The first-order chi connectivity index (χ1) is 9.95. The molecule has 0 saturated carbocycles. The van der Waals surface area contributed by atoms with Gasteiger partial charge in [0.15, 0.2) is 0 Å². The second-order valence-corrected chi connectivity index (χ2v) is 4.39. The van der Waals surface area contributed by atoms with E-state index < -0.39 is 23.5 Å². The van der Waals surface area contributed by atoms with Crippen LogP contribution in [-0.4, -0.2) is 34.5 Å².